The van der Waals surface area contributed by atoms with E-state index in [1.165, 1.54) is 0 Å². The van der Waals surface area contributed by atoms with Crippen LogP contribution in [0.15, 0.2) is 6.20 Å². The van der Waals surface area contributed by atoms with Crippen molar-refractivity contribution in [2.75, 3.05) is 11.5 Å². The minimum atomic E-state index is -0.108. The first-order chi connectivity index (χ1) is 7.29. The molecule has 6 N–H and O–H groups in total. The summed E-state index contributed by atoms with van der Waals surface area (Å²) in [5, 5.41) is 4.14. The Morgan fingerprint density at radius 2 is 2.06 bits per heavy atom. The standard InChI is InChI=1S/C11H23N5/c1-8(4-5-11(2,3)14)7-16-10(13)9(12)6-15-16/h6,8H,4-5,7,12-14H2,1-3H3. The van der Waals surface area contributed by atoms with Crippen LogP contribution in [0.3, 0.4) is 0 Å². The zero-order valence-electron chi connectivity index (χ0n) is 10.4. The van der Waals surface area contributed by atoms with E-state index in [-0.39, 0.29) is 5.54 Å². The Kier molecular flexibility index (Phi) is 3.80. The number of rotatable bonds is 5. The summed E-state index contributed by atoms with van der Waals surface area (Å²) in [6, 6.07) is 0. The molecule has 1 atom stereocenters. The summed E-state index contributed by atoms with van der Waals surface area (Å²) in [6.45, 7) is 7.04. The fraction of sp³-hybridized carbons (Fsp3) is 0.727. The highest BCUT2D eigenvalue weighted by atomic mass is 15.3. The molecule has 1 rings (SSSR count). The molecule has 0 spiro atoms. The highest BCUT2D eigenvalue weighted by Gasteiger charge is 2.14. The van der Waals surface area contributed by atoms with Crippen molar-refractivity contribution < 1.29 is 0 Å². The predicted octanol–water partition coefficient (Wildman–Crippen LogP) is 1.20. The molecule has 0 saturated carbocycles. The first-order valence-corrected chi connectivity index (χ1v) is 5.65. The Morgan fingerprint density at radius 1 is 1.44 bits per heavy atom. The third-order valence-corrected chi connectivity index (χ3v) is 2.68. The van der Waals surface area contributed by atoms with Crippen LogP contribution in [-0.4, -0.2) is 15.3 Å². The van der Waals surface area contributed by atoms with Crippen LogP contribution in [0.1, 0.15) is 33.6 Å². The lowest BCUT2D eigenvalue weighted by atomic mass is 9.94. The van der Waals surface area contributed by atoms with Gasteiger partial charge in [0.15, 0.2) is 0 Å². The second kappa shape index (κ2) is 4.74. The van der Waals surface area contributed by atoms with E-state index in [1.807, 2.05) is 13.8 Å². The normalized spacial score (nSPS) is 14.0. The third kappa shape index (κ3) is 3.73. The van der Waals surface area contributed by atoms with E-state index < -0.39 is 0 Å². The molecule has 1 heterocycles. The van der Waals surface area contributed by atoms with Gasteiger partial charge in [-0.1, -0.05) is 6.92 Å². The number of nitrogens with two attached hydrogens (primary N) is 3. The maximum absolute atomic E-state index is 5.94. The molecule has 0 aliphatic heterocycles. The van der Waals surface area contributed by atoms with E-state index >= 15 is 0 Å². The molecule has 16 heavy (non-hydrogen) atoms. The van der Waals surface area contributed by atoms with Crippen LogP contribution in [0, 0.1) is 5.92 Å². The maximum Gasteiger partial charge on any atom is 0.145 e. The summed E-state index contributed by atoms with van der Waals surface area (Å²) >= 11 is 0. The van der Waals surface area contributed by atoms with Gasteiger partial charge in [-0.25, -0.2) is 4.68 Å². The largest absolute Gasteiger partial charge is 0.394 e. The zero-order valence-corrected chi connectivity index (χ0v) is 10.4. The molecule has 0 aromatic carbocycles. The molecule has 0 aliphatic carbocycles. The van der Waals surface area contributed by atoms with Crippen molar-refractivity contribution in [3.05, 3.63) is 6.20 Å². The predicted molar refractivity (Wildman–Crippen MR) is 67.7 cm³/mol. The first kappa shape index (κ1) is 12.8. The molecule has 0 radical (unpaired) electrons. The summed E-state index contributed by atoms with van der Waals surface area (Å²) in [5.41, 5.74) is 17.8. The molecule has 0 fully saturated rings. The minimum absolute atomic E-state index is 0.108. The Labute approximate surface area is 97.0 Å². The van der Waals surface area contributed by atoms with Crippen molar-refractivity contribution in [2.24, 2.45) is 11.7 Å². The lowest BCUT2D eigenvalue weighted by molar-refractivity contribution is 0.362. The first-order valence-electron chi connectivity index (χ1n) is 5.65. The van der Waals surface area contributed by atoms with Crippen LogP contribution in [0.4, 0.5) is 11.5 Å². The van der Waals surface area contributed by atoms with Gasteiger partial charge in [0, 0.05) is 12.1 Å². The monoisotopic (exact) mass is 225 g/mol. The average Bonchev–Trinajstić information content (AvgIpc) is 2.46. The quantitative estimate of drug-likeness (QED) is 0.701. The summed E-state index contributed by atoms with van der Waals surface area (Å²) in [6.07, 6.45) is 3.64. The molecule has 0 bridgehead atoms. The van der Waals surface area contributed by atoms with Gasteiger partial charge in [0.05, 0.1) is 11.9 Å². The molecule has 0 saturated heterocycles. The molecule has 1 aromatic heterocycles. The highest BCUT2D eigenvalue weighted by Crippen LogP contribution is 2.18. The fourth-order valence-electron chi connectivity index (χ4n) is 1.56. The Balaban J connectivity index is 2.46. The number of aromatic nitrogens is 2. The van der Waals surface area contributed by atoms with Gasteiger partial charge < -0.3 is 17.2 Å². The van der Waals surface area contributed by atoms with Crippen molar-refractivity contribution >= 4 is 11.5 Å². The topological polar surface area (TPSA) is 95.9 Å². The summed E-state index contributed by atoms with van der Waals surface area (Å²) in [4.78, 5) is 0. The van der Waals surface area contributed by atoms with Gasteiger partial charge in [-0.05, 0) is 32.6 Å². The van der Waals surface area contributed by atoms with E-state index in [9.17, 15) is 0 Å². The van der Waals surface area contributed by atoms with Gasteiger partial charge in [0.25, 0.3) is 0 Å². The van der Waals surface area contributed by atoms with Crippen LogP contribution in [0.2, 0.25) is 0 Å². The lowest BCUT2D eigenvalue weighted by Gasteiger charge is -2.21. The third-order valence-electron chi connectivity index (χ3n) is 2.68. The smallest absolute Gasteiger partial charge is 0.145 e. The van der Waals surface area contributed by atoms with Crippen molar-refractivity contribution in [1.82, 2.24) is 9.78 Å². The van der Waals surface area contributed by atoms with Gasteiger partial charge in [-0.3, -0.25) is 0 Å². The number of hydrogen-bond acceptors (Lipinski definition) is 4. The van der Waals surface area contributed by atoms with E-state index in [4.69, 9.17) is 17.2 Å². The summed E-state index contributed by atoms with van der Waals surface area (Å²) in [5.74, 6) is 1.04. The zero-order chi connectivity index (χ0) is 12.3. The molecule has 0 amide bonds. The molecule has 1 aromatic rings. The van der Waals surface area contributed by atoms with Crippen LogP contribution < -0.4 is 17.2 Å². The van der Waals surface area contributed by atoms with Gasteiger partial charge in [-0.15, -0.1) is 0 Å². The van der Waals surface area contributed by atoms with Crippen LogP contribution in [-0.2, 0) is 6.54 Å². The highest BCUT2D eigenvalue weighted by molar-refractivity contribution is 5.56. The van der Waals surface area contributed by atoms with Gasteiger partial charge in [-0.2, -0.15) is 5.10 Å². The van der Waals surface area contributed by atoms with E-state index in [0.29, 0.717) is 17.4 Å². The Bertz CT molecular complexity index is 337. The van der Waals surface area contributed by atoms with E-state index in [1.54, 1.807) is 10.9 Å². The van der Waals surface area contributed by atoms with Crippen molar-refractivity contribution in [3.63, 3.8) is 0 Å². The van der Waals surface area contributed by atoms with Crippen LogP contribution >= 0.6 is 0 Å². The maximum atomic E-state index is 5.94. The number of nitrogens with zero attached hydrogens (tertiary/aromatic N) is 2. The molecule has 5 nitrogen and oxygen atoms in total. The second-order valence-electron chi connectivity index (χ2n) is 5.30. The summed E-state index contributed by atoms with van der Waals surface area (Å²) < 4.78 is 1.75. The fourth-order valence-corrected chi connectivity index (χ4v) is 1.56. The molecule has 1 unspecified atom stereocenters. The molecular formula is C11H23N5. The van der Waals surface area contributed by atoms with Crippen molar-refractivity contribution in [2.45, 2.75) is 45.7 Å². The molecule has 5 heteroatoms. The number of hydrogen-bond donors (Lipinski definition) is 3. The molecule has 92 valence electrons. The van der Waals surface area contributed by atoms with Crippen molar-refractivity contribution in [3.8, 4) is 0 Å². The molecular weight excluding hydrogens is 202 g/mol. The van der Waals surface area contributed by atoms with Gasteiger partial charge in [0.2, 0.25) is 0 Å². The number of anilines is 2. The van der Waals surface area contributed by atoms with Crippen LogP contribution in [0.5, 0.6) is 0 Å². The van der Waals surface area contributed by atoms with Gasteiger partial charge in [0.1, 0.15) is 5.82 Å². The lowest BCUT2D eigenvalue weighted by Crippen LogP contribution is -2.32. The van der Waals surface area contributed by atoms with Gasteiger partial charge >= 0.3 is 0 Å². The average molecular weight is 225 g/mol. The molecule has 0 aliphatic rings. The Morgan fingerprint density at radius 3 is 2.50 bits per heavy atom. The SMILES string of the molecule is CC(CCC(C)(C)N)Cn1ncc(N)c1N. The number of nitrogen functional groups attached to an aromatic ring is 2. The van der Waals surface area contributed by atoms with E-state index in [0.717, 1.165) is 19.4 Å². The van der Waals surface area contributed by atoms with Crippen LogP contribution in [0.25, 0.3) is 0 Å². The van der Waals surface area contributed by atoms with E-state index in [2.05, 4.69) is 12.0 Å². The van der Waals surface area contributed by atoms with Crippen molar-refractivity contribution in [1.29, 1.82) is 0 Å². The Hall–Kier alpha value is -1.23. The minimum Gasteiger partial charge on any atom is -0.394 e. The second-order valence-corrected chi connectivity index (χ2v) is 5.30. The summed E-state index contributed by atoms with van der Waals surface area (Å²) in [7, 11) is 0.